The molecule has 0 radical (unpaired) electrons. The fraction of sp³-hybridized carbons (Fsp3) is 0.562. The van der Waals surface area contributed by atoms with E-state index in [0.29, 0.717) is 23.6 Å². The molecule has 128 valence electrons. The average molecular weight is 345 g/mol. The van der Waals surface area contributed by atoms with Crippen molar-refractivity contribution >= 4 is 17.6 Å². The summed E-state index contributed by atoms with van der Waals surface area (Å²) < 4.78 is 24.4. The molecular weight excluding hydrogens is 323 g/mol. The Balaban J connectivity index is 2.28. The molecule has 1 aromatic carbocycles. The van der Waals surface area contributed by atoms with Crippen LogP contribution in [-0.4, -0.2) is 62.7 Å². The molecule has 0 aromatic heterocycles. The van der Waals surface area contributed by atoms with E-state index in [1.807, 2.05) is 19.0 Å². The summed E-state index contributed by atoms with van der Waals surface area (Å²) in [4.78, 5) is 16.0. The lowest BCUT2D eigenvalue weighted by Gasteiger charge is -2.23. The molecule has 1 aliphatic rings. The van der Waals surface area contributed by atoms with Crippen molar-refractivity contribution < 1.29 is 18.7 Å². The zero-order valence-corrected chi connectivity index (χ0v) is 14.6. The zero-order valence-electron chi connectivity index (χ0n) is 13.8. The maximum Gasteiger partial charge on any atom is 0.323 e. The maximum atomic E-state index is 14.5. The molecule has 7 heteroatoms. The van der Waals surface area contributed by atoms with Crippen molar-refractivity contribution in [2.45, 2.75) is 25.0 Å². The summed E-state index contributed by atoms with van der Waals surface area (Å²) in [5.74, 6) is -0.659. The van der Waals surface area contributed by atoms with E-state index in [0.717, 1.165) is 0 Å². The second kappa shape index (κ2) is 7.47. The molecule has 1 aliphatic heterocycles. The Labute approximate surface area is 140 Å². The van der Waals surface area contributed by atoms with Crippen LogP contribution in [0.15, 0.2) is 12.1 Å². The number of likely N-dealkylation sites (tertiary alicyclic amines) is 1. The maximum absolute atomic E-state index is 14.5. The van der Waals surface area contributed by atoms with E-state index in [1.54, 1.807) is 6.07 Å². The first-order valence-corrected chi connectivity index (χ1v) is 7.76. The fourth-order valence-electron chi connectivity index (χ4n) is 2.89. The summed E-state index contributed by atoms with van der Waals surface area (Å²) in [5, 5.41) is 0.320. The highest BCUT2D eigenvalue weighted by Crippen LogP contribution is 2.31. The van der Waals surface area contributed by atoms with Crippen LogP contribution in [0.25, 0.3) is 0 Å². The second-order valence-electron chi connectivity index (χ2n) is 5.86. The molecule has 5 nitrogen and oxygen atoms in total. The number of hydrogen-bond donors (Lipinski definition) is 0. The molecule has 1 fully saturated rings. The van der Waals surface area contributed by atoms with E-state index >= 15 is 0 Å². The van der Waals surface area contributed by atoms with Gasteiger partial charge in [0.05, 0.1) is 14.2 Å². The minimum atomic E-state index is -0.489. The van der Waals surface area contributed by atoms with Gasteiger partial charge >= 0.3 is 5.97 Å². The molecule has 23 heavy (non-hydrogen) atoms. The number of carbonyl (C=O) groups is 1. The third kappa shape index (κ3) is 3.76. The first-order chi connectivity index (χ1) is 10.9. The smallest absolute Gasteiger partial charge is 0.323 e. The molecule has 0 spiro atoms. The highest BCUT2D eigenvalue weighted by molar-refractivity contribution is 6.31. The van der Waals surface area contributed by atoms with Crippen LogP contribution in [-0.2, 0) is 16.1 Å². The minimum absolute atomic E-state index is 0.141. The Hall–Kier alpha value is -1.37. The van der Waals surface area contributed by atoms with Crippen molar-refractivity contribution in [1.29, 1.82) is 0 Å². The van der Waals surface area contributed by atoms with Gasteiger partial charge in [0.25, 0.3) is 0 Å². The van der Waals surface area contributed by atoms with Gasteiger partial charge in [0.2, 0.25) is 0 Å². The summed E-state index contributed by atoms with van der Waals surface area (Å²) in [6.45, 7) is 0.867. The van der Waals surface area contributed by atoms with Crippen LogP contribution < -0.4 is 4.74 Å². The Morgan fingerprint density at radius 1 is 1.43 bits per heavy atom. The average Bonchev–Trinajstić information content (AvgIpc) is 2.95. The molecule has 0 saturated carbocycles. The van der Waals surface area contributed by atoms with Gasteiger partial charge in [0.15, 0.2) is 11.6 Å². The second-order valence-corrected chi connectivity index (χ2v) is 6.27. The first-order valence-electron chi connectivity index (χ1n) is 7.38. The first kappa shape index (κ1) is 18.0. The van der Waals surface area contributed by atoms with E-state index < -0.39 is 11.9 Å². The van der Waals surface area contributed by atoms with Crippen LogP contribution in [0.3, 0.4) is 0 Å². The summed E-state index contributed by atoms with van der Waals surface area (Å²) in [6, 6.07) is 2.89. The zero-order chi connectivity index (χ0) is 17.1. The SMILES string of the molecule is COC(=O)[C@@H]1C[C@@H](N(C)C)CN1Cc1c(Cl)ccc(OC)c1F. The lowest BCUT2D eigenvalue weighted by Crippen LogP contribution is -2.37. The van der Waals surface area contributed by atoms with Gasteiger partial charge in [-0.15, -0.1) is 0 Å². The Kier molecular flexibility index (Phi) is 5.84. The highest BCUT2D eigenvalue weighted by atomic mass is 35.5. The van der Waals surface area contributed by atoms with Gasteiger partial charge in [0.1, 0.15) is 6.04 Å². The number of hydrogen-bond acceptors (Lipinski definition) is 5. The van der Waals surface area contributed by atoms with Crippen molar-refractivity contribution in [1.82, 2.24) is 9.80 Å². The number of benzene rings is 1. The largest absolute Gasteiger partial charge is 0.494 e. The molecular formula is C16H22ClFN2O3. The van der Waals surface area contributed by atoms with Crippen LogP contribution in [0.4, 0.5) is 4.39 Å². The molecule has 0 unspecified atom stereocenters. The molecule has 1 saturated heterocycles. The van der Waals surface area contributed by atoms with Crippen molar-refractivity contribution in [2.75, 3.05) is 34.9 Å². The van der Waals surface area contributed by atoms with E-state index in [2.05, 4.69) is 4.90 Å². The lowest BCUT2D eigenvalue weighted by atomic mass is 10.1. The molecule has 0 bridgehead atoms. The number of ether oxygens (including phenoxy) is 2. The number of nitrogens with zero attached hydrogens (tertiary/aromatic N) is 2. The van der Waals surface area contributed by atoms with Crippen LogP contribution in [0.2, 0.25) is 5.02 Å². The van der Waals surface area contributed by atoms with Gasteiger partial charge in [-0.1, -0.05) is 11.6 Å². The number of rotatable bonds is 5. The summed E-state index contributed by atoms with van der Waals surface area (Å²) in [6.07, 6.45) is 0.642. The quantitative estimate of drug-likeness (QED) is 0.766. The normalized spacial score (nSPS) is 21.7. The third-order valence-corrected chi connectivity index (χ3v) is 4.67. The molecule has 0 N–H and O–H groups in total. The topological polar surface area (TPSA) is 42.0 Å². The summed E-state index contributed by atoms with van der Waals surface area (Å²) in [5.41, 5.74) is 0.333. The number of likely N-dealkylation sites (N-methyl/N-ethyl adjacent to an activating group) is 1. The number of esters is 1. The lowest BCUT2D eigenvalue weighted by molar-refractivity contribution is -0.146. The van der Waals surface area contributed by atoms with Gasteiger partial charge in [-0.2, -0.15) is 0 Å². The number of halogens is 2. The number of carbonyl (C=O) groups excluding carboxylic acids is 1. The highest BCUT2D eigenvalue weighted by Gasteiger charge is 2.39. The monoisotopic (exact) mass is 344 g/mol. The van der Waals surface area contributed by atoms with E-state index in [9.17, 15) is 9.18 Å². The van der Waals surface area contributed by atoms with E-state index in [4.69, 9.17) is 21.1 Å². The van der Waals surface area contributed by atoms with Crippen molar-refractivity contribution in [3.05, 3.63) is 28.5 Å². The van der Waals surface area contributed by atoms with Gasteiger partial charge in [-0.25, -0.2) is 4.39 Å². The van der Waals surface area contributed by atoms with Crippen LogP contribution in [0, 0.1) is 5.82 Å². The van der Waals surface area contributed by atoms with Gasteiger partial charge < -0.3 is 14.4 Å². The molecule has 2 atom stereocenters. The molecule has 0 aliphatic carbocycles. The molecule has 1 heterocycles. The molecule has 1 aromatic rings. The van der Waals surface area contributed by atoms with Gasteiger partial charge in [-0.3, -0.25) is 9.69 Å². The Bertz CT molecular complexity index is 583. The number of methoxy groups -OCH3 is 2. The Morgan fingerprint density at radius 3 is 2.70 bits per heavy atom. The van der Waals surface area contributed by atoms with E-state index in [1.165, 1.54) is 20.3 Å². The van der Waals surface area contributed by atoms with Crippen molar-refractivity contribution in [3.8, 4) is 5.75 Å². The summed E-state index contributed by atoms with van der Waals surface area (Å²) >= 11 is 6.15. The fourth-order valence-corrected chi connectivity index (χ4v) is 3.10. The van der Waals surface area contributed by atoms with Gasteiger partial charge in [0, 0.05) is 29.7 Å². The molecule has 0 amide bonds. The van der Waals surface area contributed by atoms with Crippen molar-refractivity contribution in [2.24, 2.45) is 0 Å². The van der Waals surface area contributed by atoms with Crippen LogP contribution in [0.5, 0.6) is 5.75 Å². The van der Waals surface area contributed by atoms with Crippen LogP contribution >= 0.6 is 11.6 Å². The Morgan fingerprint density at radius 2 is 2.13 bits per heavy atom. The standard InChI is InChI=1S/C16H22ClFN2O3/c1-19(2)10-7-13(16(21)23-4)20(8-10)9-11-12(17)5-6-14(22-3)15(11)18/h5-6,10,13H,7-9H2,1-4H3/t10-,13+/m1/s1. The summed E-state index contributed by atoms with van der Waals surface area (Å²) in [7, 11) is 6.69. The van der Waals surface area contributed by atoms with Gasteiger partial charge in [-0.05, 0) is 32.6 Å². The minimum Gasteiger partial charge on any atom is -0.494 e. The third-order valence-electron chi connectivity index (χ3n) is 4.32. The van der Waals surface area contributed by atoms with E-state index in [-0.39, 0.29) is 24.3 Å². The predicted octanol–water partition coefficient (Wildman–Crippen LogP) is 2.17. The van der Waals surface area contributed by atoms with Crippen molar-refractivity contribution in [3.63, 3.8) is 0 Å². The molecule has 2 rings (SSSR count). The van der Waals surface area contributed by atoms with Crippen LogP contribution in [0.1, 0.15) is 12.0 Å². The predicted molar refractivity (Wildman–Crippen MR) is 86.3 cm³/mol.